The molecule has 0 aromatic carbocycles. The molecule has 1 amide bonds. The average Bonchev–Trinajstić information content (AvgIpc) is 2.72. The van der Waals surface area contributed by atoms with Crippen LogP contribution in [0.15, 0.2) is 0 Å². The summed E-state index contributed by atoms with van der Waals surface area (Å²) in [6, 6.07) is 0.00361. The molecular weight excluding hydrogens is 180 g/mol. The fourth-order valence-electron chi connectivity index (χ4n) is 2.25. The van der Waals surface area contributed by atoms with Gasteiger partial charge in [-0.2, -0.15) is 0 Å². The van der Waals surface area contributed by atoms with Crippen molar-refractivity contribution in [1.29, 1.82) is 0 Å². The van der Waals surface area contributed by atoms with Crippen LogP contribution in [0.3, 0.4) is 0 Å². The predicted octanol–water partition coefficient (Wildman–Crippen LogP) is -0.278. The third-order valence-electron chi connectivity index (χ3n) is 3.12. The number of β-amino-alcohol motifs (C(OH)–C–C–N with tert-alkyl or cyclic N) is 1. The second-order valence-electron chi connectivity index (χ2n) is 4.66. The van der Waals surface area contributed by atoms with Crippen molar-refractivity contribution in [2.75, 3.05) is 19.6 Å². The van der Waals surface area contributed by atoms with Gasteiger partial charge in [0.25, 0.3) is 0 Å². The highest BCUT2D eigenvalue weighted by molar-refractivity contribution is 5.82. The summed E-state index contributed by atoms with van der Waals surface area (Å²) in [6.45, 7) is 3.93. The van der Waals surface area contributed by atoms with Crippen molar-refractivity contribution in [3.05, 3.63) is 0 Å². The Morgan fingerprint density at radius 2 is 2.43 bits per heavy atom. The normalized spacial score (nSPS) is 37.9. The van der Waals surface area contributed by atoms with Gasteiger partial charge in [0.2, 0.25) is 5.91 Å². The number of nitrogens with one attached hydrogen (secondary N) is 1. The Bertz CT molecular complexity index is 234. The number of nitrogens with zero attached hydrogens (tertiary/aromatic N) is 1. The zero-order chi connectivity index (χ0) is 10.2. The molecule has 2 rings (SSSR count). The van der Waals surface area contributed by atoms with E-state index in [4.69, 9.17) is 0 Å². The summed E-state index contributed by atoms with van der Waals surface area (Å²) in [5, 5.41) is 12.9. The quantitative estimate of drug-likeness (QED) is 0.609. The van der Waals surface area contributed by atoms with Crippen molar-refractivity contribution >= 4 is 5.91 Å². The van der Waals surface area contributed by atoms with E-state index in [-0.39, 0.29) is 11.9 Å². The van der Waals surface area contributed by atoms with E-state index in [0.717, 1.165) is 19.4 Å². The largest absolute Gasteiger partial charge is 0.388 e. The van der Waals surface area contributed by atoms with Gasteiger partial charge in [-0.05, 0) is 32.7 Å². The summed E-state index contributed by atoms with van der Waals surface area (Å²) in [4.78, 5) is 13.7. The van der Waals surface area contributed by atoms with Crippen LogP contribution in [0.25, 0.3) is 0 Å². The van der Waals surface area contributed by atoms with Crippen molar-refractivity contribution in [3.8, 4) is 0 Å². The average molecular weight is 198 g/mol. The molecular formula is C10H18N2O2. The van der Waals surface area contributed by atoms with Gasteiger partial charge in [-0.3, -0.25) is 4.79 Å². The second-order valence-corrected chi connectivity index (χ2v) is 4.66. The molecule has 0 aromatic rings. The molecule has 2 heterocycles. The minimum absolute atomic E-state index is 0.00361. The van der Waals surface area contributed by atoms with Gasteiger partial charge in [0.05, 0.1) is 11.6 Å². The number of amides is 1. The number of likely N-dealkylation sites (tertiary alicyclic amines) is 1. The molecule has 0 aliphatic carbocycles. The molecule has 0 spiro atoms. The summed E-state index contributed by atoms with van der Waals surface area (Å²) in [6.07, 6.45) is 2.73. The molecule has 0 radical (unpaired) electrons. The Morgan fingerprint density at radius 3 is 2.93 bits per heavy atom. The molecule has 2 aliphatic rings. The van der Waals surface area contributed by atoms with Crippen molar-refractivity contribution in [2.24, 2.45) is 0 Å². The molecule has 2 N–H and O–H groups in total. The van der Waals surface area contributed by atoms with Gasteiger partial charge in [-0.1, -0.05) is 0 Å². The van der Waals surface area contributed by atoms with E-state index in [1.54, 1.807) is 11.8 Å². The van der Waals surface area contributed by atoms with Crippen LogP contribution >= 0.6 is 0 Å². The molecule has 4 heteroatoms. The van der Waals surface area contributed by atoms with Crippen LogP contribution in [0.4, 0.5) is 0 Å². The lowest BCUT2D eigenvalue weighted by atomic mass is 10.1. The Morgan fingerprint density at radius 1 is 1.64 bits per heavy atom. The molecule has 0 saturated carbocycles. The molecule has 2 atom stereocenters. The Labute approximate surface area is 84.3 Å². The Kier molecular flexibility index (Phi) is 2.49. The van der Waals surface area contributed by atoms with Crippen LogP contribution in [0.1, 0.15) is 26.2 Å². The fourth-order valence-corrected chi connectivity index (χ4v) is 2.25. The first-order valence-electron chi connectivity index (χ1n) is 5.33. The highest BCUT2D eigenvalue weighted by atomic mass is 16.3. The first-order chi connectivity index (χ1) is 6.58. The van der Waals surface area contributed by atoms with Crippen LogP contribution in [-0.2, 0) is 4.79 Å². The summed E-state index contributed by atoms with van der Waals surface area (Å²) in [5.41, 5.74) is -0.672. The van der Waals surface area contributed by atoms with E-state index >= 15 is 0 Å². The molecule has 1 unspecified atom stereocenters. The Hall–Kier alpha value is -0.610. The zero-order valence-electron chi connectivity index (χ0n) is 8.62. The highest BCUT2D eigenvalue weighted by Gasteiger charge is 2.36. The zero-order valence-corrected chi connectivity index (χ0v) is 8.62. The van der Waals surface area contributed by atoms with Gasteiger partial charge in [0, 0.05) is 13.1 Å². The lowest BCUT2D eigenvalue weighted by Crippen LogP contribution is -2.43. The number of hydrogen-bond acceptors (Lipinski definition) is 3. The number of rotatable bonds is 1. The van der Waals surface area contributed by atoms with Crippen LogP contribution in [0.2, 0.25) is 0 Å². The molecule has 0 aromatic heterocycles. The maximum absolute atomic E-state index is 11.9. The van der Waals surface area contributed by atoms with Gasteiger partial charge in [-0.25, -0.2) is 0 Å². The summed E-state index contributed by atoms with van der Waals surface area (Å²) in [5.74, 6) is 0.167. The van der Waals surface area contributed by atoms with Crippen molar-refractivity contribution in [2.45, 2.75) is 37.8 Å². The summed E-state index contributed by atoms with van der Waals surface area (Å²) >= 11 is 0. The fraction of sp³-hybridized carbons (Fsp3) is 0.900. The molecule has 14 heavy (non-hydrogen) atoms. The molecule has 2 aliphatic heterocycles. The third-order valence-corrected chi connectivity index (χ3v) is 3.12. The highest BCUT2D eigenvalue weighted by Crippen LogP contribution is 2.22. The van der Waals surface area contributed by atoms with Gasteiger partial charge < -0.3 is 15.3 Å². The monoisotopic (exact) mass is 198 g/mol. The smallest absolute Gasteiger partial charge is 0.239 e. The predicted molar refractivity (Wildman–Crippen MR) is 52.8 cm³/mol. The standard InChI is InChI=1S/C10H18N2O2/c1-10(14)4-6-12(7-10)9(13)8-3-2-5-11-8/h8,11,14H,2-7H2,1H3/t8-,10?/m1/s1. The maximum atomic E-state index is 11.9. The second kappa shape index (κ2) is 3.51. The van der Waals surface area contributed by atoms with Crippen LogP contribution < -0.4 is 5.32 Å². The lowest BCUT2D eigenvalue weighted by Gasteiger charge is -2.22. The number of carbonyl (C=O) groups is 1. The van der Waals surface area contributed by atoms with Crippen molar-refractivity contribution < 1.29 is 9.90 Å². The third kappa shape index (κ3) is 1.91. The SMILES string of the molecule is CC1(O)CCN(C(=O)[C@H]2CCCN2)C1. The Balaban J connectivity index is 1.92. The van der Waals surface area contributed by atoms with E-state index in [9.17, 15) is 9.90 Å². The topological polar surface area (TPSA) is 52.6 Å². The van der Waals surface area contributed by atoms with Crippen LogP contribution in [0.5, 0.6) is 0 Å². The number of carbonyl (C=O) groups excluding carboxylic acids is 1. The lowest BCUT2D eigenvalue weighted by molar-refractivity contribution is -0.132. The number of aliphatic hydroxyl groups is 1. The van der Waals surface area contributed by atoms with Gasteiger partial charge in [-0.15, -0.1) is 0 Å². The van der Waals surface area contributed by atoms with Gasteiger partial charge >= 0.3 is 0 Å². The van der Waals surface area contributed by atoms with E-state index in [1.807, 2.05) is 0 Å². The maximum Gasteiger partial charge on any atom is 0.239 e. The first-order valence-corrected chi connectivity index (χ1v) is 5.33. The number of hydrogen-bond donors (Lipinski definition) is 2. The van der Waals surface area contributed by atoms with E-state index in [0.29, 0.717) is 19.5 Å². The molecule has 4 nitrogen and oxygen atoms in total. The van der Waals surface area contributed by atoms with Crippen LogP contribution in [-0.4, -0.2) is 47.2 Å². The molecule has 2 saturated heterocycles. The minimum Gasteiger partial charge on any atom is -0.388 e. The summed E-state index contributed by atoms with van der Waals surface area (Å²) in [7, 11) is 0. The van der Waals surface area contributed by atoms with E-state index < -0.39 is 5.60 Å². The van der Waals surface area contributed by atoms with Crippen molar-refractivity contribution in [3.63, 3.8) is 0 Å². The molecule has 80 valence electrons. The van der Waals surface area contributed by atoms with E-state index in [2.05, 4.69) is 5.32 Å². The van der Waals surface area contributed by atoms with Crippen LogP contribution in [0, 0.1) is 0 Å². The van der Waals surface area contributed by atoms with Gasteiger partial charge in [0.1, 0.15) is 0 Å². The van der Waals surface area contributed by atoms with Gasteiger partial charge in [0.15, 0.2) is 0 Å². The minimum atomic E-state index is -0.672. The van der Waals surface area contributed by atoms with E-state index in [1.165, 1.54) is 0 Å². The van der Waals surface area contributed by atoms with Crippen molar-refractivity contribution in [1.82, 2.24) is 10.2 Å². The summed E-state index contributed by atoms with van der Waals surface area (Å²) < 4.78 is 0. The molecule has 2 fully saturated rings. The molecule has 0 bridgehead atoms. The first kappa shape index (κ1) is 9.93.